The summed E-state index contributed by atoms with van der Waals surface area (Å²) in [5.74, 6) is 5.47. The fourth-order valence-corrected chi connectivity index (χ4v) is 1.80. The zero-order chi connectivity index (χ0) is 13.0. The van der Waals surface area contributed by atoms with Crippen molar-refractivity contribution in [3.63, 3.8) is 0 Å². The average molecular weight is 249 g/mol. The Balaban J connectivity index is 1.89. The summed E-state index contributed by atoms with van der Waals surface area (Å²) in [6.45, 7) is 0.429. The van der Waals surface area contributed by atoms with E-state index in [1.54, 1.807) is 12.1 Å². The molecule has 7 heteroatoms. The lowest BCUT2D eigenvalue weighted by molar-refractivity contribution is -0.119. The van der Waals surface area contributed by atoms with Crippen molar-refractivity contribution in [2.24, 2.45) is 5.84 Å². The van der Waals surface area contributed by atoms with Crippen molar-refractivity contribution in [3.05, 3.63) is 23.9 Å². The van der Waals surface area contributed by atoms with E-state index in [0.717, 1.165) is 6.42 Å². The highest BCUT2D eigenvalue weighted by Crippen LogP contribution is 2.07. The van der Waals surface area contributed by atoms with Crippen LogP contribution in [-0.4, -0.2) is 29.4 Å². The van der Waals surface area contributed by atoms with Crippen molar-refractivity contribution < 1.29 is 9.59 Å². The van der Waals surface area contributed by atoms with Gasteiger partial charge in [0.1, 0.15) is 5.82 Å². The number of rotatable bonds is 4. The Hall–Kier alpha value is -2.15. The second-order valence-corrected chi connectivity index (χ2v) is 4.09. The van der Waals surface area contributed by atoms with Crippen LogP contribution < -0.4 is 21.9 Å². The number of carbonyl (C=O) groups is 2. The van der Waals surface area contributed by atoms with Crippen LogP contribution in [0.3, 0.4) is 0 Å². The number of nitrogens with one attached hydrogen (secondary N) is 3. The van der Waals surface area contributed by atoms with Crippen LogP contribution in [0.4, 0.5) is 5.82 Å². The largest absolute Gasteiger partial charge is 0.352 e. The maximum Gasteiger partial charge on any atom is 0.251 e. The van der Waals surface area contributed by atoms with Crippen LogP contribution >= 0.6 is 0 Å². The van der Waals surface area contributed by atoms with Gasteiger partial charge >= 0.3 is 0 Å². The average Bonchev–Trinajstić information content (AvgIpc) is 2.82. The van der Waals surface area contributed by atoms with Crippen LogP contribution in [-0.2, 0) is 4.79 Å². The van der Waals surface area contributed by atoms with Gasteiger partial charge in [-0.2, -0.15) is 0 Å². The van der Waals surface area contributed by atoms with Gasteiger partial charge in [0, 0.05) is 30.8 Å². The second-order valence-electron chi connectivity index (χ2n) is 4.09. The molecule has 1 aliphatic rings. The molecule has 1 aromatic rings. The molecule has 5 N–H and O–H groups in total. The van der Waals surface area contributed by atoms with Gasteiger partial charge in [-0.05, 0) is 18.6 Å². The molecule has 0 spiro atoms. The summed E-state index contributed by atoms with van der Waals surface area (Å²) in [5.41, 5.74) is 2.85. The Bertz CT molecular complexity index is 463. The number of hydrogen-bond donors (Lipinski definition) is 4. The summed E-state index contributed by atoms with van der Waals surface area (Å²) in [5, 5.41) is 5.55. The summed E-state index contributed by atoms with van der Waals surface area (Å²) in [4.78, 5) is 26.7. The van der Waals surface area contributed by atoms with Crippen LogP contribution in [0.15, 0.2) is 18.3 Å². The molecule has 2 rings (SSSR count). The molecule has 96 valence electrons. The fourth-order valence-electron chi connectivity index (χ4n) is 1.80. The van der Waals surface area contributed by atoms with Crippen molar-refractivity contribution in [1.82, 2.24) is 15.6 Å². The molecule has 1 fully saturated rings. The Morgan fingerprint density at radius 1 is 1.61 bits per heavy atom. The lowest BCUT2D eigenvalue weighted by Gasteiger charge is -2.11. The molecule has 2 heterocycles. The number of hydrazine groups is 1. The molecular formula is C11H15N5O2. The fraction of sp³-hybridized carbons (Fsp3) is 0.364. The zero-order valence-corrected chi connectivity index (χ0v) is 9.77. The second kappa shape index (κ2) is 5.46. The number of aromatic nitrogens is 1. The van der Waals surface area contributed by atoms with Gasteiger partial charge < -0.3 is 16.1 Å². The molecule has 0 aromatic carbocycles. The van der Waals surface area contributed by atoms with Gasteiger partial charge in [-0.15, -0.1) is 0 Å². The van der Waals surface area contributed by atoms with Gasteiger partial charge in [0.15, 0.2) is 0 Å². The van der Waals surface area contributed by atoms with Gasteiger partial charge in [-0.3, -0.25) is 9.59 Å². The molecule has 1 unspecified atom stereocenters. The smallest absolute Gasteiger partial charge is 0.251 e. The van der Waals surface area contributed by atoms with E-state index < -0.39 is 0 Å². The van der Waals surface area contributed by atoms with E-state index in [9.17, 15) is 9.59 Å². The van der Waals surface area contributed by atoms with Crippen LogP contribution in [0.25, 0.3) is 0 Å². The third kappa shape index (κ3) is 2.95. The Kier molecular flexibility index (Phi) is 3.73. The highest BCUT2D eigenvalue weighted by atomic mass is 16.2. The van der Waals surface area contributed by atoms with Gasteiger partial charge in [0.2, 0.25) is 5.91 Å². The van der Waals surface area contributed by atoms with Crippen molar-refractivity contribution >= 4 is 17.6 Å². The maximum absolute atomic E-state index is 11.8. The molecule has 2 amide bonds. The molecule has 0 aliphatic carbocycles. The van der Waals surface area contributed by atoms with Crippen molar-refractivity contribution in [2.75, 3.05) is 12.0 Å². The van der Waals surface area contributed by atoms with E-state index in [4.69, 9.17) is 5.84 Å². The Morgan fingerprint density at radius 2 is 2.44 bits per heavy atom. The molecule has 0 bridgehead atoms. The minimum absolute atomic E-state index is 0.0235. The first-order chi connectivity index (χ1) is 8.69. The quantitative estimate of drug-likeness (QED) is 0.420. The van der Waals surface area contributed by atoms with Crippen LogP contribution in [0, 0.1) is 0 Å². The highest BCUT2D eigenvalue weighted by molar-refractivity contribution is 5.94. The summed E-state index contributed by atoms with van der Waals surface area (Å²) in [6, 6.07) is 3.18. The van der Waals surface area contributed by atoms with Crippen LogP contribution in [0.1, 0.15) is 23.2 Å². The standard InChI is InChI=1S/C11H15N5O2/c12-16-9-5-7(3-4-13-9)11(18)14-6-8-1-2-10(17)15-8/h3-5,8H,1-2,6,12H2,(H,13,16)(H,14,18)(H,15,17). The predicted molar refractivity (Wildman–Crippen MR) is 65.5 cm³/mol. The van der Waals surface area contributed by atoms with Gasteiger partial charge in [0.25, 0.3) is 5.91 Å². The van der Waals surface area contributed by atoms with E-state index in [0.29, 0.717) is 24.3 Å². The number of nitrogens with zero attached hydrogens (tertiary/aromatic N) is 1. The molecule has 1 aliphatic heterocycles. The van der Waals surface area contributed by atoms with E-state index in [1.807, 2.05) is 0 Å². The first kappa shape index (κ1) is 12.3. The molecule has 1 atom stereocenters. The van der Waals surface area contributed by atoms with Crippen molar-refractivity contribution in [1.29, 1.82) is 0 Å². The first-order valence-electron chi connectivity index (χ1n) is 5.69. The number of pyridine rings is 1. The highest BCUT2D eigenvalue weighted by Gasteiger charge is 2.21. The van der Waals surface area contributed by atoms with Crippen molar-refractivity contribution in [3.8, 4) is 0 Å². The van der Waals surface area contributed by atoms with E-state index in [-0.39, 0.29) is 17.9 Å². The normalized spacial score (nSPS) is 18.3. The van der Waals surface area contributed by atoms with Crippen LogP contribution in [0.2, 0.25) is 0 Å². The van der Waals surface area contributed by atoms with Gasteiger partial charge in [0.05, 0.1) is 0 Å². The monoisotopic (exact) mass is 249 g/mol. The first-order valence-corrected chi connectivity index (χ1v) is 5.69. The molecule has 7 nitrogen and oxygen atoms in total. The lowest BCUT2D eigenvalue weighted by Crippen LogP contribution is -2.38. The van der Waals surface area contributed by atoms with E-state index in [1.165, 1.54) is 6.20 Å². The SMILES string of the molecule is NNc1cc(C(=O)NCC2CCC(=O)N2)ccn1. The lowest BCUT2D eigenvalue weighted by atomic mass is 10.2. The summed E-state index contributed by atoms with van der Waals surface area (Å²) in [6.07, 6.45) is 2.78. The third-order valence-electron chi connectivity index (χ3n) is 2.76. The maximum atomic E-state index is 11.8. The number of anilines is 1. The number of amides is 2. The molecular weight excluding hydrogens is 234 g/mol. The summed E-state index contributed by atoms with van der Waals surface area (Å²) in [7, 11) is 0. The van der Waals surface area contributed by atoms with E-state index in [2.05, 4.69) is 21.0 Å². The van der Waals surface area contributed by atoms with Crippen LogP contribution in [0.5, 0.6) is 0 Å². The minimum atomic E-state index is -0.213. The summed E-state index contributed by atoms with van der Waals surface area (Å²) >= 11 is 0. The van der Waals surface area contributed by atoms with Crippen molar-refractivity contribution in [2.45, 2.75) is 18.9 Å². The van der Waals surface area contributed by atoms with E-state index >= 15 is 0 Å². The zero-order valence-electron chi connectivity index (χ0n) is 9.77. The Morgan fingerprint density at radius 3 is 3.11 bits per heavy atom. The number of nitrogen functional groups attached to an aromatic ring is 1. The van der Waals surface area contributed by atoms with Gasteiger partial charge in [-0.25, -0.2) is 10.8 Å². The molecule has 18 heavy (non-hydrogen) atoms. The Labute approximate surface area is 104 Å². The molecule has 1 aromatic heterocycles. The van der Waals surface area contributed by atoms with Gasteiger partial charge in [-0.1, -0.05) is 0 Å². The summed E-state index contributed by atoms with van der Waals surface area (Å²) < 4.78 is 0. The molecule has 0 saturated carbocycles. The third-order valence-corrected chi connectivity index (χ3v) is 2.76. The topological polar surface area (TPSA) is 109 Å². The minimum Gasteiger partial charge on any atom is -0.352 e. The number of nitrogens with two attached hydrogens (primary N) is 1. The molecule has 1 saturated heterocycles. The molecule has 0 radical (unpaired) electrons. The predicted octanol–water partition coefficient (Wildman–Crippen LogP) is -0.624. The number of hydrogen-bond acceptors (Lipinski definition) is 5. The number of carbonyl (C=O) groups excluding carboxylic acids is 2.